The van der Waals surface area contributed by atoms with Crippen LogP contribution < -0.4 is 0 Å². The standard InChI is InChI=1S/C24H25F4N5O/c1-15-22-19(24(26,27)28)12-20(17-5-6-17)29-23(22)33(30-15)14-21(34)32-9-7-31(8-10-32)13-16-3-2-4-18(25)11-16/h2-4,11-12,17H,5-10,13-14H2,1H3. The molecule has 0 atom stereocenters. The molecule has 0 unspecified atom stereocenters. The lowest BCUT2D eigenvalue weighted by Crippen LogP contribution is -2.49. The number of benzene rings is 1. The summed E-state index contributed by atoms with van der Waals surface area (Å²) in [6, 6.07) is 7.58. The Morgan fingerprint density at radius 1 is 1.12 bits per heavy atom. The van der Waals surface area contributed by atoms with Crippen LogP contribution in [-0.2, 0) is 24.1 Å². The number of carbonyl (C=O) groups is 1. The predicted octanol–water partition coefficient (Wildman–Crippen LogP) is 4.12. The van der Waals surface area contributed by atoms with E-state index < -0.39 is 11.7 Å². The molecule has 2 aromatic heterocycles. The average Bonchev–Trinajstić information content (AvgIpc) is 3.58. The summed E-state index contributed by atoms with van der Waals surface area (Å²) in [6.45, 7) is 4.18. The lowest BCUT2D eigenvalue weighted by molar-refractivity contribution is -0.136. The number of hydrogen-bond donors (Lipinski definition) is 0. The molecule has 2 aliphatic rings. The number of pyridine rings is 1. The molecule has 5 rings (SSSR count). The smallest absolute Gasteiger partial charge is 0.339 e. The van der Waals surface area contributed by atoms with E-state index >= 15 is 0 Å². The summed E-state index contributed by atoms with van der Waals surface area (Å²) >= 11 is 0. The van der Waals surface area contributed by atoms with Gasteiger partial charge in [0.05, 0.1) is 16.6 Å². The van der Waals surface area contributed by atoms with Gasteiger partial charge in [-0.05, 0) is 43.5 Å². The third-order valence-electron chi connectivity index (χ3n) is 6.50. The Morgan fingerprint density at radius 3 is 2.50 bits per heavy atom. The van der Waals surface area contributed by atoms with E-state index in [0.717, 1.165) is 24.5 Å². The normalized spacial score (nSPS) is 17.5. The highest BCUT2D eigenvalue weighted by atomic mass is 19.4. The zero-order valence-electron chi connectivity index (χ0n) is 18.8. The van der Waals surface area contributed by atoms with Crippen molar-refractivity contribution >= 4 is 16.9 Å². The monoisotopic (exact) mass is 475 g/mol. The first-order chi connectivity index (χ1) is 16.2. The Bertz CT molecular complexity index is 1230. The second-order valence-corrected chi connectivity index (χ2v) is 9.10. The van der Waals surface area contributed by atoms with Gasteiger partial charge in [-0.3, -0.25) is 9.69 Å². The number of hydrogen-bond acceptors (Lipinski definition) is 4. The first-order valence-corrected chi connectivity index (χ1v) is 11.4. The molecule has 1 amide bonds. The molecule has 3 heterocycles. The molecule has 0 bridgehead atoms. The number of piperazine rings is 1. The molecule has 1 saturated heterocycles. The largest absolute Gasteiger partial charge is 0.417 e. The Labute approximate surface area is 194 Å². The predicted molar refractivity (Wildman–Crippen MR) is 117 cm³/mol. The van der Waals surface area contributed by atoms with Crippen molar-refractivity contribution in [3.05, 3.63) is 58.7 Å². The summed E-state index contributed by atoms with van der Waals surface area (Å²) in [5.41, 5.74) is 0.884. The molecule has 6 nitrogen and oxygen atoms in total. The van der Waals surface area contributed by atoms with Crippen molar-refractivity contribution in [2.45, 2.75) is 44.9 Å². The van der Waals surface area contributed by atoms with E-state index in [9.17, 15) is 22.4 Å². The van der Waals surface area contributed by atoms with Gasteiger partial charge in [0.15, 0.2) is 5.65 Å². The summed E-state index contributed by atoms with van der Waals surface area (Å²) in [5.74, 6) is -0.446. The minimum absolute atomic E-state index is 0.0374. The second-order valence-electron chi connectivity index (χ2n) is 9.10. The SMILES string of the molecule is Cc1nn(CC(=O)N2CCN(Cc3cccc(F)c3)CC2)c2nc(C3CC3)cc(C(F)(F)F)c12. The Morgan fingerprint density at radius 2 is 1.85 bits per heavy atom. The van der Waals surface area contributed by atoms with Crippen LogP contribution in [0.1, 0.15) is 41.3 Å². The lowest BCUT2D eigenvalue weighted by atomic mass is 10.1. The third-order valence-corrected chi connectivity index (χ3v) is 6.50. The molecule has 34 heavy (non-hydrogen) atoms. The lowest BCUT2D eigenvalue weighted by Gasteiger charge is -2.34. The van der Waals surface area contributed by atoms with Gasteiger partial charge in [-0.1, -0.05) is 12.1 Å². The van der Waals surface area contributed by atoms with Gasteiger partial charge in [-0.15, -0.1) is 0 Å². The fourth-order valence-corrected chi connectivity index (χ4v) is 4.57. The second kappa shape index (κ2) is 8.65. The number of fused-ring (bicyclic) bond motifs is 1. The van der Waals surface area contributed by atoms with Crippen LogP contribution in [0.25, 0.3) is 11.0 Å². The van der Waals surface area contributed by atoms with Crippen LogP contribution in [0.2, 0.25) is 0 Å². The zero-order valence-corrected chi connectivity index (χ0v) is 18.8. The quantitative estimate of drug-likeness (QED) is 0.521. The highest BCUT2D eigenvalue weighted by Crippen LogP contribution is 2.43. The van der Waals surface area contributed by atoms with Gasteiger partial charge in [-0.2, -0.15) is 18.3 Å². The molecule has 1 aromatic carbocycles. The number of rotatable bonds is 5. The number of carbonyl (C=O) groups excluding carboxylic acids is 1. The van der Waals surface area contributed by atoms with Crippen molar-refractivity contribution in [2.24, 2.45) is 0 Å². The maximum Gasteiger partial charge on any atom is 0.417 e. The van der Waals surface area contributed by atoms with E-state index in [0.29, 0.717) is 38.4 Å². The van der Waals surface area contributed by atoms with Gasteiger partial charge < -0.3 is 4.90 Å². The molecule has 0 radical (unpaired) electrons. The third kappa shape index (κ3) is 4.64. The van der Waals surface area contributed by atoms with E-state index in [1.54, 1.807) is 11.0 Å². The van der Waals surface area contributed by atoms with Crippen molar-refractivity contribution in [2.75, 3.05) is 26.2 Å². The van der Waals surface area contributed by atoms with Crippen molar-refractivity contribution in [3.8, 4) is 0 Å². The van der Waals surface area contributed by atoms with Crippen LogP contribution in [0.3, 0.4) is 0 Å². The molecular formula is C24H25F4N5O. The fraction of sp³-hybridized carbons (Fsp3) is 0.458. The van der Waals surface area contributed by atoms with E-state index in [1.165, 1.54) is 23.7 Å². The van der Waals surface area contributed by atoms with Gasteiger partial charge >= 0.3 is 6.18 Å². The molecule has 1 aliphatic heterocycles. The van der Waals surface area contributed by atoms with Crippen molar-refractivity contribution in [1.29, 1.82) is 0 Å². The van der Waals surface area contributed by atoms with Crippen LogP contribution in [0.15, 0.2) is 30.3 Å². The van der Waals surface area contributed by atoms with E-state index in [1.807, 2.05) is 6.07 Å². The highest BCUT2D eigenvalue weighted by molar-refractivity contribution is 5.85. The van der Waals surface area contributed by atoms with Gasteiger partial charge in [-0.25, -0.2) is 14.1 Å². The maximum atomic E-state index is 13.8. The summed E-state index contributed by atoms with van der Waals surface area (Å²) in [4.78, 5) is 21.3. The zero-order chi connectivity index (χ0) is 24.0. The molecule has 10 heteroatoms. The number of aromatic nitrogens is 3. The van der Waals surface area contributed by atoms with Gasteiger partial charge in [0.2, 0.25) is 5.91 Å². The summed E-state index contributed by atoms with van der Waals surface area (Å²) in [6.07, 6.45) is -2.88. The molecular weight excluding hydrogens is 450 g/mol. The van der Waals surface area contributed by atoms with E-state index in [2.05, 4.69) is 15.0 Å². The highest BCUT2D eigenvalue weighted by Gasteiger charge is 2.38. The van der Waals surface area contributed by atoms with Crippen LogP contribution in [0.5, 0.6) is 0 Å². The molecule has 180 valence electrons. The summed E-state index contributed by atoms with van der Waals surface area (Å²) < 4.78 is 56.1. The maximum absolute atomic E-state index is 13.8. The topological polar surface area (TPSA) is 54.3 Å². The van der Waals surface area contributed by atoms with Gasteiger partial charge in [0.25, 0.3) is 0 Å². The van der Waals surface area contributed by atoms with Crippen molar-refractivity contribution < 1.29 is 22.4 Å². The van der Waals surface area contributed by atoms with E-state index in [4.69, 9.17) is 0 Å². The minimum atomic E-state index is -4.52. The van der Waals surface area contributed by atoms with Crippen molar-refractivity contribution in [3.63, 3.8) is 0 Å². The Kier molecular flexibility index (Phi) is 5.79. The number of aryl methyl sites for hydroxylation is 1. The fourth-order valence-electron chi connectivity index (χ4n) is 4.57. The minimum Gasteiger partial charge on any atom is -0.339 e. The van der Waals surface area contributed by atoms with Gasteiger partial charge in [0, 0.05) is 44.3 Å². The summed E-state index contributed by atoms with van der Waals surface area (Å²) in [7, 11) is 0. The average molecular weight is 475 g/mol. The van der Waals surface area contributed by atoms with Crippen molar-refractivity contribution in [1.82, 2.24) is 24.6 Å². The molecule has 0 N–H and O–H groups in total. The molecule has 3 aromatic rings. The molecule has 2 fully saturated rings. The first kappa shape index (κ1) is 22.8. The molecule has 1 aliphatic carbocycles. The Balaban J connectivity index is 1.31. The number of alkyl halides is 3. The molecule has 1 saturated carbocycles. The van der Waals surface area contributed by atoms with Crippen LogP contribution >= 0.6 is 0 Å². The van der Waals surface area contributed by atoms with E-state index in [-0.39, 0.29) is 40.9 Å². The van der Waals surface area contributed by atoms with Crippen LogP contribution in [-0.4, -0.2) is 56.7 Å². The number of nitrogens with zero attached hydrogens (tertiary/aromatic N) is 5. The van der Waals surface area contributed by atoms with Gasteiger partial charge in [0.1, 0.15) is 12.4 Å². The van der Waals surface area contributed by atoms with Crippen LogP contribution in [0.4, 0.5) is 17.6 Å². The number of halogens is 4. The van der Waals surface area contributed by atoms with Crippen LogP contribution in [0, 0.1) is 12.7 Å². The summed E-state index contributed by atoms with van der Waals surface area (Å²) in [5, 5.41) is 4.22. The Hall–Kier alpha value is -3.01. The molecule has 0 spiro atoms. The number of amides is 1. The first-order valence-electron chi connectivity index (χ1n) is 11.4.